The highest BCUT2D eigenvalue weighted by Crippen LogP contribution is 2.61. The zero-order chi connectivity index (χ0) is 37.2. The predicted molar refractivity (Wildman–Crippen MR) is 232 cm³/mol. The molecule has 0 fully saturated rings. The van der Waals surface area contributed by atoms with E-state index in [1.54, 1.807) is 0 Å². The molecule has 8 aromatic carbocycles. The number of rotatable bonds is 3. The van der Waals surface area contributed by atoms with Crippen molar-refractivity contribution < 1.29 is 4.42 Å². The SMILES string of the molecule is CC1(C)c2ccccc2-c2ccc(N(c3ccc4c(c3)oc3ccccc34)c3cccc4c3-c3ccccc3C43c4ccccc4C=Cc4ccccc43)cc21. The van der Waals surface area contributed by atoms with Crippen LogP contribution in [0.15, 0.2) is 180 Å². The van der Waals surface area contributed by atoms with E-state index in [9.17, 15) is 0 Å². The Morgan fingerprint density at radius 1 is 0.411 bits per heavy atom. The van der Waals surface area contributed by atoms with E-state index in [1.807, 2.05) is 6.07 Å². The van der Waals surface area contributed by atoms with Crippen LogP contribution in [0.1, 0.15) is 58.4 Å². The summed E-state index contributed by atoms with van der Waals surface area (Å²) in [5.74, 6) is 0. The number of para-hydroxylation sites is 1. The molecule has 0 unspecified atom stereocenters. The van der Waals surface area contributed by atoms with E-state index < -0.39 is 5.41 Å². The summed E-state index contributed by atoms with van der Waals surface area (Å²) in [4.78, 5) is 2.48. The third kappa shape index (κ3) is 4.06. The Morgan fingerprint density at radius 2 is 0.982 bits per heavy atom. The second-order valence-corrected chi connectivity index (χ2v) is 16.0. The van der Waals surface area contributed by atoms with Crippen LogP contribution in [0.2, 0.25) is 0 Å². The maximum atomic E-state index is 6.56. The fraction of sp³-hybridized carbons (Fsp3) is 0.0741. The molecular weight excluding hydrogens is 679 g/mol. The zero-order valence-corrected chi connectivity index (χ0v) is 31.3. The monoisotopic (exact) mass is 715 g/mol. The Bertz CT molecular complexity index is 3090. The first-order valence-corrected chi connectivity index (χ1v) is 19.6. The lowest BCUT2D eigenvalue weighted by atomic mass is 9.66. The number of furan rings is 1. The number of hydrogen-bond donors (Lipinski definition) is 0. The highest BCUT2D eigenvalue weighted by molar-refractivity contribution is 6.07. The summed E-state index contributed by atoms with van der Waals surface area (Å²) in [5.41, 5.74) is 20.0. The molecule has 0 saturated carbocycles. The lowest BCUT2D eigenvalue weighted by Gasteiger charge is -2.35. The van der Waals surface area contributed by atoms with Crippen molar-refractivity contribution in [2.75, 3.05) is 4.90 Å². The third-order valence-corrected chi connectivity index (χ3v) is 12.9. The van der Waals surface area contributed by atoms with Crippen molar-refractivity contribution in [3.8, 4) is 22.3 Å². The molecule has 0 amide bonds. The molecule has 1 spiro atoms. The molecule has 0 aliphatic heterocycles. The Balaban J connectivity index is 1.17. The smallest absolute Gasteiger partial charge is 0.137 e. The van der Waals surface area contributed by atoms with E-state index in [0.29, 0.717) is 0 Å². The molecule has 0 radical (unpaired) electrons. The standard InChI is InChI=1S/C54H37NO/c1-53(2)45-21-10-5-16-38(45)39-30-28-36(32-48(39)53)55(37-29-31-41-40-17-7-12-25-50(40)56-51(41)33-37)49-24-13-23-47-52(49)42-18-6-11-22-46(42)54(47)43-19-8-3-14-34(43)26-27-35-15-4-9-20-44(35)54/h3-33H,1-2H3. The molecule has 0 atom stereocenters. The first-order valence-electron chi connectivity index (χ1n) is 19.6. The molecular formula is C54H37NO. The molecule has 56 heavy (non-hydrogen) atoms. The number of benzene rings is 8. The zero-order valence-electron chi connectivity index (χ0n) is 31.3. The topological polar surface area (TPSA) is 16.4 Å². The number of fused-ring (bicyclic) bond motifs is 15. The van der Waals surface area contributed by atoms with Gasteiger partial charge in [0, 0.05) is 39.2 Å². The first kappa shape index (κ1) is 31.5. The van der Waals surface area contributed by atoms with E-state index in [1.165, 1.54) is 66.8 Å². The van der Waals surface area contributed by atoms with Crippen molar-refractivity contribution in [2.45, 2.75) is 24.7 Å². The summed E-state index contributed by atoms with van der Waals surface area (Å²) in [7, 11) is 0. The van der Waals surface area contributed by atoms with Crippen LogP contribution in [0, 0.1) is 0 Å². The van der Waals surface area contributed by atoms with Crippen molar-refractivity contribution in [3.05, 3.63) is 220 Å². The number of hydrogen-bond acceptors (Lipinski definition) is 2. The molecule has 2 heteroatoms. The van der Waals surface area contributed by atoms with Crippen LogP contribution in [0.5, 0.6) is 0 Å². The highest BCUT2D eigenvalue weighted by Gasteiger charge is 2.49. The molecule has 0 saturated heterocycles. The lowest BCUT2D eigenvalue weighted by molar-refractivity contribution is 0.660. The molecule has 0 N–H and O–H groups in total. The van der Waals surface area contributed by atoms with Crippen LogP contribution < -0.4 is 4.90 Å². The van der Waals surface area contributed by atoms with Crippen LogP contribution in [0.4, 0.5) is 17.1 Å². The Kier molecular flexibility index (Phi) is 6.36. The van der Waals surface area contributed by atoms with Gasteiger partial charge in [-0.1, -0.05) is 159 Å². The van der Waals surface area contributed by atoms with Crippen LogP contribution in [-0.4, -0.2) is 0 Å². The number of nitrogens with zero attached hydrogens (tertiary/aromatic N) is 1. The molecule has 3 aliphatic rings. The van der Waals surface area contributed by atoms with Gasteiger partial charge in [0.05, 0.1) is 11.1 Å². The molecule has 264 valence electrons. The van der Waals surface area contributed by atoms with Gasteiger partial charge in [0.2, 0.25) is 0 Å². The minimum atomic E-state index is -0.519. The quantitative estimate of drug-likeness (QED) is 0.181. The Labute approximate surface area is 326 Å². The van der Waals surface area contributed by atoms with Gasteiger partial charge in [-0.25, -0.2) is 0 Å². The van der Waals surface area contributed by atoms with Gasteiger partial charge in [-0.15, -0.1) is 0 Å². The van der Waals surface area contributed by atoms with Crippen molar-refractivity contribution in [2.24, 2.45) is 0 Å². The van der Waals surface area contributed by atoms with E-state index in [2.05, 4.69) is 201 Å². The normalized spacial score (nSPS) is 14.8. The Morgan fingerprint density at radius 3 is 1.77 bits per heavy atom. The van der Waals surface area contributed by atoms with Gasteiger partial charge in [0.1, 0.15) is 11.2 Å². The van der Waals surface area contributed by atoms with Crippen molar-refractivity contribution in [1.29, 1.82) is 0 Å². The summed E-state index contributed by atoms with van der Waals surface area (Å²) < 4.78 is 6.56. The van der Waals surface area contributed by atoms with Gasteiger partial charge in [-0.05, 0) is 97.6 Å². The van der Waals surface area contributed by atoms with Gasteiger partial charge in [0.15, 0.2) is 0 Å². The minimum Gasteiger partial charge on any atom is -0.456 e. The summed E-state index contributed by atoms with van der Waals surface area (Å²) >= 11 is 0. The average Bonchev–Trinajstić information content (AvgIpc) is 3.80. The lowest BCUT2D eigenvalue weighted by Crippen LogP contribution is -2.30. The molecule has 1 aromatic heterocycles. The predicted octanol–water partition coefficient (Wildman–Crippen LogP) is 14.2. The fourth-order valence-corrected chi connectivity index (χ4v) is 10.5. The summed E-state index contributed by atoms with van der Waals surface area (Å²) in [6.45, 7) is 4.73. The van der Waals surface area contributed by atoms with Crippen molar-refractivity contribution in [3.63, 3.8) is 0 Å². The maximum Gasteiger partial charge on any atom is 0.137 e. The van der Waals surface area contributed by atoms with Crippen LogP contribution >= 0.6 is 0 Å². The van der Waals surface area contributed by atoms with Crippen LogP contribution in [0.25, 0.3) is 56.3 Å². The van der Waals surface area contributed by atoms with Crippen molar-refractivity contribution >= 4 is 51.2 Å². The average molecular weight is 716 g/mol. The third-order valence-electron chi connectivity index (χ3n) is 12.9. The second-order valence-electron chi connectivity index (χ2n) is 16.0. The summed E-state index contributed by atoms with van der Waals surface area (Å²) in [5, 5.41) is 2.25. The van der Waals surface area contributed by atoms with Gasteiger partial charge in [-0.3, -0.25) is 0 Å². The maximum absolute atomic E-state index is 6.56. The summed E-state index contributed by atoms with van der Waals surface area (Å²) in [6, 6.07) is 65.1. The largest absolute Gasteiger partial charge is 0.456 e. The first-order chi connectivity index (χ1) is 27.5. The Hall–Kier alpha value is -6.90. The van der Waals surface area contributed by atoms with E-state index in [0.717, 1.165) is 39.0 Å². The molecule has 2 nitrogen and oxygen atoms in total. The van der Waals surface area contributed by atoms with Gasteiger partial charge >= 0.3 is 0 Å². The van der Waals surface area contributed by atoms with Gasteiger partial charge in [0.25, 0.3) is 0 Å². The van der Waals surface area contributed by atoms with E-state index in [4.69, 9.17) is 4.42 Å². The van der Waals surface area contributed by atoms with Crippen LogP contribution in [0.3, 0.4) is 0 Å². The molecule has 1 heterocycles. The van der Waals surface area contributed by atoms with Gasteiger partial charge < -0.3 is 9.32 Å². The molecule has 9 aromatic rings. The molecule has 0 bridgehead atoms. The van der Waals surface area contributed by atoms with Crippen molar-refractivity contribution in [1.82, 2.24) is 0 Å². The van der Waals surface area contributed by atoms with Gasteiger partial charge in [-0.2, -0.15) is 0 Å². The molecule has 3 aliphatic carbocycles. The molecule has 12 rings (SSSR count). The van der Waals surface area contributed by atoms with Crippen LogP contribution in [-0.2, 0) is 10.8 Å². The van der Waals surface area contributed by atoms with E-state index in [-0.39, 0.29) is 5.41 Å². The minimum absolute atomic E-state index is 0.146. The van der Waals surface area contributed by atoms with E-state index >= 15 is 0 Å². The summed E-state index contributed by atoms with van der Waals surface area (Å²) in [6.07, 6.45) is 4.60. The number of anilines is 3. The second kappa shape index (κ2) is 11.3. The highest BCUT2D eigenvalue weighted by atomic mass is 16.3. The fourth-order valence-electron chi connectivity index (χ4n) is 10.5.